The summed E-state index contributed by atoms with van der Waals surface area (Å²) in [5.74, 6) is 0.703. The van der Waals surface area contributed by atoms with E-state index in [2.05, 4.69) is 5.32 Å². The Morgan fingerprint density at radius 3 is 2.84 bits per heavy atom. The second kappa shape index (κ2) is 8.34. The molecule has 0 radical (unpaired) electrons. The van der Waals surface area contributed by atoms with Gasteiger partial charge in [0.1, 0.15) is 25.1 Å². The van der Waals surface area contributed by atoms with Crippen molar-refractivity contribution in [2.45, 2.75) is 13.0 Å². The molecule has 1 unspecified atom stereocenters. The van der Waals surface area contributed by atoms with Gasteiger partial charge in [0.2, 0.25) is 0 Å². The second-order valence-corrected chi connectivity index (χ2v) is 4.04. The molecule has 1 atom stereocenters. The van der Waals surface area contributed by atoms with Crippen LogP contribution >= 0.6 is 0 Å². The number of benzene rings is 1. The van der Waals surface area contributed by atoms with Crippen LogP contribution in [0.5, 0.6) is 5.75 Å². The Hall–Kier alpha value is -1.79. The van der Waals surface area contributed by atoms with Crippen LogP contribution in [0.2, 0.25) is 0 Å². The van der Waals surface area contributed by atoms with E-state index < -0.39 is 12.2 Å². The van der Waals surface area contributed by atoms with E-state index in [1.165, 1.54) is 0 Å². The van der Waals surface area contributed by atoms with Crippen molar-refractivity contribution in [1.29, 1.82) is 0 Å². The molecule has 0 heterocycles. The van der Waals surface area contributed by atoms with E-state index in [-0.39, 0.29) is 13.2 Å². The number of hydrogen-bond acceptors (Lipinski definition) is 5. The van der Waals surface area contributed by atoms with Crippen LogP contribution in [0, 0.1) is 6.92 Å². The van der Waals surface area contributed by atoms with Gasteiger partial charge in [-0.05, 0) is 18.6 Å². The Morgan fingerprint density at radius 2 is 2.16 bits per heavy atom. The quantitative estimate of drug-likeness (QED) is 0.666. The first-order valence-corrected chi connectivity index (χ1v) is 6.10. The largest absolute Gasteiger partial charge is 0.490 e. The van der Waals surface area contributed by atoms with Crippen LogP contribution in [0.15, 0.2) is 24.3 Å². The smallest absolute Gasteiger partial charge is 0.407 e. The molecule has 0 aliphatic rings. The molecule has 1 rings (SSSR count). The highest BCUT2D eigenvalue weighted by Gasteiger charge is 2.09. The highest BCUT2D eigenvalue weighted by Crippen LogP contribution is 2.16. The van der Waals surface area contributed by atoms with Crippen molar-refractivity contribution in [2.75, 3.05) is 26.3 Å². The third kappa shape index (κ3) is 6.08. The highest BCUT2D eigenvalue weighted by atomic mass is 16.6. The number of ether oxygens (including phenoxy) is 2. The van der Waals surface area contributed by atoms with Gasteiger partial charge in [-0.1, -0.05) is 18.2 Å². The summed E-state index contributed by atoms with van der Waals surface area (Å²) < 4.78 is 10.2. The van der Waals surface area contributed by atoms with Gasteiger partial charge in [-0.25, -0.2) is 4.79 Å². The number of para-hydroxylation sites is 1. The molecule has 1 amide bonds. The van der Waals surface area contributed by atoms with E-state index in [1.54, 1.807) is 0 Å². The van der Waals surface area contributed by atoms with Crippen LogP contribution in [0.4, 0.5) is 4.79 Å². The SMILES string of the molecule is Cc1ccccc1OCC(O)COC(=O)NCCN. The normalized spacial score (nSPS) is 11.7. The van der Waals surface area contributed by atoms with Crippen LogP contribution < -0.4 is 15.8 Å². The predicted molar refractivity (Wildman–Crippen MR) is 71.1 cm³/mol. The Morgan fingerprint density at radius 1 is 1.42 bits per heavy atom. The minimum absolute atomic E-state index is 0.0645. The number of amides is 1. The first-order valence-electron chi connectivity index (χ1n) is 6.10. The molecule has 6 heteroatoms. The summed E-state index contributed by atoms with van der Waals surface area (Å²) in [5, 5.41) is 12.1. The average molecular weight is 268 g/mol. The van der Waals surface area contributed by atoms with E-state index in [4.69, 9.17) is 15.2 Å². The lowest BCUT2D eigenvalue weighted by atomic mass is 10.2. The highest BCUT2D eigenvalue weighted by molar-refractivity contribution is 5.67. The number of aliphatic hydroxyl groups excluding tert-OH is 1. The van der Waals surface area contributed by atoms with Crippen LogP contribution in [-0.4, -0.2) is 43.6 Å². The van der Waals surface area contributed by atoms with Gasteiger partial charge in [-0.2, -0.15) is 0 Å². The van der Waals surface area contributed by atoms with Gasteiger partial charge >= 0.3 is 6.09 Å². The van der Waals surface area contributed by atoms with E-state index in [0.29, 0.717) is 18.8 Å². The number of carbonyl (C=O) groups excluding carboxylic acids is 1. The van der Waals surface area contributed by atoms with Crippen LogP contribution in [0.1, 0.15) is 5.56 Å². The molecule has 0 aromatic heterocycles. The number of aryl methyl sites for hydroxylation is 1. The summed E-state index contributed by atoms with van der Waals surface area (Å²) in [5.41, 5.74) is 6.20. The average Bonchev–Trinajstić information content (AvgIpc) is 2.42. The molecule has 0 fully saturated rings. The number of hydrogen-bond donors (Lipinski definition) is 3. The molecular formula is C13H20N2O4. The Kier molecular flexibility index (Phi) is 6.70. The molecule has 19 heavy (non-hydrogen) atoms. The maximum Gasteiger partial charge on any atom is 0.407 e. The fraction of sp³-hybridized carbons (Fsp3) is 0.462. The second-order valence-electron chi connectivity index (χ2n) is 4.04. The summed E-state index contributed by atoms with van der Waals surface area (Å²) >= 11 is 0. The number of alkyl carbamates (subject to hydrolysis) is 1. The lowest BCUT2D eigenvalue weighted by molar-refractivity contribution is 0.0389. The summed E-state index contributed by atoms with van der Waals surface area (Å²) in [6, 6.07) is 7.49. The summed E-state index contributed by atoms with van der Waals surface area (Å²) in [4.78, 5) is 11.1. The molecular weight excluding hydrogens is 248 g/mol. The van der Waals surface area contributed by atoms with Crippen molar-refractivity contribution >= 4 is 6.09 Å². The lowest BCUT2D eigenvalue weighted by Gasteiger charge is -2.14. The van der Waals surface area contributed by atoms with Gasteiger partial charge in [0.05, 0.1) is 0 Å². The molecule has 6 nitrogen and oxygen atoms in total. The Labute approximate surface area is 112 Å². The van der Waals surface area contributed by atoms with Crippen molar-refractivity contribution in [3.05, 3.63) is 29.8 Å². The Balaban J connectivity index is 2.23. The lowest BCUT2D eigenvalue weighted by Crippen LogP contribution is -2.33. The number of carbonyl (C=O) groups is 1. The van der Waals surface area contributed by atoms with E-state index >= 15 is 0 Å². The van der Waals surface area contributed by atoms with Gasteiger partial charge < -0.3 is 25.6 Å². The third-order valence-corrected chi connectivity index (χ3v) is 2.35. The molecule has 0 bridgehead atoms. The molecule has 0 aliphatic carbocycles. The number of nitrogens with one attached hydrogen (secondary N) is 1. The monoisotopic (exact) mass is 268 g/mol. The summed E-state index contributed by atoms with van der Waals surface area (Å²) in [6.45, 7) is 2.54. The van der Waals surface area contributed by atoms with Crippen molar-refractivity contribution < 1.29 is 19.4 Å². The summed E-state index contributed by atoms with van der Waals surface area (Å²) in [7, 11) is 0. The van der Waals surface area contributed by atoms with Crippen LogP contribution in [0.25, 0.3) is 0 Å². The predicted octanol–water partition coefficient (Wildman–Crippen LogP) is 0.420. The first-order chi connectivity index (χ1) is 9.13. The zero-order valence-electron chi connectivity index (χ0n) is 11.0. The van der Waals surface area contributed by atoms with Crippen LogP contribution in [-0.2, 0) is 4.74 Å². The van der Waals surface area contributed by atoms with E-state index in [9.17, 15) is 9.90 Å². The first kappa shape index (κ1) is 15.3. The van der Waals surface area contributed by atoms with Crippen molar-refractivity contribution in [3.63, 3.8) is 0 Å². The molecule has 4 N–H and O–H groups in total. The van der Waals surface area contributed by atoms with E-state index in [0.717, 1.165) is 5.56 Å². The van der Waals surface area contributed by atoms with E-state index in [1.807, 2.05) is 31.2 Å². The molecule has 0 aliphatic heterocycles. The maximum absolute atomic E-state index is 11.1. The van der Waals surface area contributed by atoms with Crippen LogP contribution in [0.3, 0.4) is 0 Å². The molecule has 0 saturated carbocycles. The zero-order valence-corrected chi connectivity index (χ0v) is 11.0. The molecule has 0 spiro atoms. The Bertz CT molecular complexity index is 398. The molecule has 0 saturated heterocycles. The van der Waals surface area contributed by atoms with Gasteiger partial charge in [-0.15, -0.1) is 0 Å². The zero-order chi connectivity index (χ0) is 14.1. The molecule has 106 valence electrons. The topological polar surface area (TPSA) is 93.8 Å². The van der Waals surface area contributed by atoms with Gasteiger partial charge in [0.25, 0.3) is 0 Å². The number of aliphatic hydroxyl groups is 1. The summed E-state index contributed by atoms with van der Waals surface area (Å²) in [6.07, 6.45) is -1.47. The molecule has 1 aromatic carbocycles. The van der Waals surface area contributed by atoms with Crippen molar-refractivity contribution in [2.24, 2.45) is 5.73 Å². The molecule has 1 aromatic rings. The maximum atomic E-state index is 11.1. The number of rotatable bonds is 7. The van der Waals surface area contributed by atoms with Crippen molar-refractivity contribution in [1.82, 2.24) is 5.32 Å². The van der Waals surface area contributed by atoms with Gasteiger partial charge in [0.15, 0.2) is 0 Å². The fourth-order valence-electron chi connectivity index (χ4n) is 1.35. The standard InChI is InChI=1S/C13H20N2O4/c1-10-4-2-3-5-12(10)18-8-11(16)9-19-13(17)15-7-6-14/h2-5,11,16H,6-9,14H2,1H3,(H,15,17). The van der Waals surface area contributed by atoms with Crippen molar-refractivity contribution in [3.8, 4) is 5.75 Å². The van der Waals surface area contributed by atoms with Gasteiger partial charge in [0, 0.05) is 13.1 Å². The number of nitrogens with two attached hydrogens (primary N) is 1. The fourth-order valence-corrected chi connectivity index (χ4v) is 1.35. The third-order valence-electron chi connectivity index (χ3n) is 2.35. The minimum Gasteiger partial charge on any atom is -0.490 e. The minimum atomic E-state index is -0.872. The van der Waals surface area contributed by atoms with Gasteiger partial charge in [-0.3, -0.25) is 0 Å².